The molecule has 0 saturated carbocycles. The number of nitrogens with zero attached hydrogens (tertiary/aromatic N) is 2. The molecule has 2 heterocycles. The van der Waals surface area contributed by atoms with Gasteiger partial charge in [-0.05, 0) is 132 Å². The van der Waals surface area contributed by atoms with Crippen molar-refractivity contribution in [2.45, 2.75) is 47.0 Å². The van der Waals surface area contributed by atoms with Crippen LogP contribution in [0.4, 0.5) is 11.4 Å². The number of rotatable bonds is 10. The Morgan fingerprint density at radius 3 is 1.14 bits per heavy atom. The Balaban J connectivity index is 0.958. The molecule has 0 unspecified atom stereocenters. The lowest BCUT2D eigenvalue weighted by Crippen LogP contribution is -2.21. The number of hydrogen-bond acceptors (Lipinski definition) is 6. The third kappa shape index (κ3) is 6.63. The molecule has 0 aliphatic heterocycles. The van der Waals surface area contributed by atoms with E-state index in [2.05, 4.69) is 124 Å². The van der Waals surface area contributed by atoms with Crippen molar-refractivity contribution in [3.63, 3.8) is 0 Å². The molecule has 0 spiro atoms. The largest absolute Gasteiger partial charge is 0.422 e. The third-order valence-corrected chi connectivity index (χ3v) is 12.4. The summed E-state index contributed by atoms with van der Waals surface area (Å²) in [5, 5.41) is 1.81. The highest BCUT2D eigenvalue weighted by atomic mass is 16.4. The molecule has 2 aromatic heterocycles. The molecule has 6 heteroatoms. The van der Waals surface area contributed by atoms with Crippen molar-refractivity contribution < 1.29 is 8.83 Å². The molecule has 59 heavy (non-hydrogen) atoms. The summed E-state index contributed by atoms with van der Waals surface area (Å²) in [7, 11) is 0. The van der Waals surface area contributed by atoms with E-state index in [4.69, 9.17) is 8.83 Å². The molecular formula is C53H48N2O4. The summed E-state index contributed by atoms with van der Waals surface area (Å²) in [5.74, 6) is 0. The average Bonchev–Trinajstić information content (AvgIpc) is 3.48. The summed E-state index contributed by atoms with van der Waals surface area (Å²) in [6, 6.07) is 45.9. The maximum absolute atomic E-state index is 13.2. The molecule has 6 nitrogen and oxygen atoms in total. The van der Waals surface area contributed by atoms with Gasteiger partial charge in [-0.25, -0.2) is 9.59 Å². The zero-order chi connectivity index (χ0) is 41.0. The van der Waals surface area contributed by atoms with Crippen LogP contribution in [0.25, 0.3) is 77.6 Å². The Bertz CT molecular complexity index is 2800. The van der Waals surface area contributed by atoms with E-state index in [9.17, 15) is 9.59 Å². The van der Waals surface area contributed by atoms with E-state index >= 15 is 0 Å². The van der Waals surface area contributed by atoms with Gasteiger partial charge in [0.2, 0.25) is 0 Å². The summed E-state index contributed by atoms with van der Waals surface area (Å²) in [4.78, 5) is 30.9. The van der Waals surface area contributed by atoms with Crippen LogP contribution in [-0.2, 0) is 5.41 Å². The monoisotopic (exact) mass is 776 g/mol. The van der Waals surface area contributed by atoms with Gasteiger partial charge in [-0.3, -0.25) is 0 Å². The summed E-state index contributed by atoms with van der Waals surface area (Å²) < 4.78 is 11.7. The normalized spacial score (nSPS) is 12.8. The van der Waals surface area contributed by atoms with Crippen LogP contribution in [0.5, 0.6) is 0 Å². The Kier molecular flexibility index (Phi) is 9.59. The number of anilines is 2. The summed E-state index contributed by atoms with van der Waals surface area (Å²) in [6.07, 6.45) is 0. The van der Waals surface area contributed by atoms with Crippen molar-refractivity contribution in [3.05, 3.63) is 165 Å². The predicted octanol–water partition coefficient (Wildman–Crippen LogP) is 12.6. The first-order valence-electron chi connectivity index (χ1n) is 20.8. The molecule has 0 N–H and O–H groups in total. The molecule has 0 atom stereocenters. The Hall–Kier alpha value is -6.66. The SMILES string of the molecule is CCN(CC)c1ccc2cc(-c3ccc(-c4ccc5c(c4)C(C)(C)c4cc(-c6ccc(-c7cc8ccc(N(CC)CC)cc8oc7=O)cc6)ccc4-5)cc3)c(=O)oc2c1. The van der Waals surface area contributed by atoms with E-state index in [1.54, 1.807) is 0 Å². The third-order valence-electron chi connectivity index (χ3n) is 12.4. The zero-order valence-electron chi connectivity index (χ0n) is 34.6. The molecule has 0 saturated heterocycles. The molecule has 0 fully saturated rings. The molecular weight excluding hydrogens is 729 g/mol. The Morgan fingerprint density at radius 2 is 0.763 bits per heavy atom. The van der Waals surface area contributed by atoms with Crippen LogP contribution in [-0.4, -0.2) is 26.2 Å². The fourth-order valence-corrected chi connectivity index (χ4v) is 8.95. The fourth-order valence-electron chi connectivity index (χ4n) is 8.95. The number of hydrogen-bond donors (Lipinski definition) is 0. The number of benzene rings is 6. The van der Waals surface area contributed by atoms with Crippen molar-refractivity contribution in [2.24, 2.45) is 0 Å². The molecule has 8 aromatic rings. The Labute approximate surface area is 345 Å². The maximum atomic E-state index is 13.2. The second-order valence-electron chi connectivity index (χ2n) is 16.0. The van der Waals surface area contributed by atoms with Crippen LogP contribution in [0, 0.1) is 0 Å². The highest BCUT2D eigenvalue weighted by Gasteiger charge is 2.36. The molecule has 1 aliphatic rings. The van der Waals surface area contributed by atoms with Crippen molar-refractivity contribution in [3.8, 4) is 55.6 Å². The minimum atomic E-state index is -0.337. The van der Waals surface area contributed by atoms with Gasteiger partial charge in [0.05, 0.1) is 11.1 Å². The second kappa shape index (κ2) is 14.9. The lowest BCUT2D eigenvalue weighted by molar-refractivity contribution is 0.563. The topological polar surface area (TPSA) is 66.9 Å². The minimum absolute atomic E-state index is 0.221. The van der Waals surface area contributed by atoms with E-state index in [0.717, 1.165) is 81.7 Å². The first kappa shape index (κ1) is 37.9. The summed E-state index contributed by atoms with van der Waals surface area (Å²) >= 11 is 0. The molecule has 1 aliphatic carbocycles. The van der Waals surface area contributed by atoms with Crippen LogP contribution in [0.3, 0.4) is 0 Å². The predicted molar refractivity (Wildman–Crippen MR) is 245 cm³/mol. The van der Waals surface area contributed by atoms with Gasteiger partial charge in [-0.2, -0.15) is 0 Å². The lowest BCUT2D eigenvalue weighted by Gasteiger charge is -2.22. The van der Waals surface area contributed by atoms with Crippen LogP contribution in [0.15, 0.2) is 152 Å². The number of fused-ring (bicyclic) bond motifs is 5. The van der Waals surface area contributed by atoms with Crippen molar-refractivity contribution in [2.75, 3.05) is 36.0 Å². The van der Waals surface area contributed by atoms with E-state index in [1.165, 1.54) is 22.3 Å². The van der Waals surface area contributed by atoms with Crippen LogP contribution < -0.4 is 21.1 Å². The highest BCUT2D eigenvalue weighted by Crippen LogP contribution is 2.50. The van der Waals surface area contributed by atoms with E-state index in [1.807, 2.05) is 60.7 Å². The first-order valence-corrected chi connectivity index (χ1v) is 20.8. The zero-order valence-corrected chi connectivity index (χ0v) is 34.6. The quantitative estimate of drug-likeness (QED) is 0.129. The van der Waals surface area contributed by atoms with Gasteiger partial charge in [-0.15, -0.1) is 0 Å². The molecule has 294 valence electrons. The van der Waals surface area contributed by atoms with Gasteiger partial charge >= 0.3 is 11.3 Å². The molecule has 9 rings (SSSR count). The average molecular weight is 777 g/mol. The fraction of sp³-hybridized carbons (Fsp3) is 0.208. The molecule has 0 amide bonds. The molecule has 6 aromatic carbocycles. The molecule has 0 radical (unpaired) electrons. The summed E-state index contributed by atoms with van der Waals surface area (Å²) in [6.45, 7) is 16.6. The minimum Gasteiger partial charge on any atom is -0.422 e. The van der Waals surface area contributed by atoms with Gasteiger partial charge in [0.15, 0.2) is 0 Å². The van der Waals surface area contributed by atoms with E-state index < -0.39 is 0 Å². The maximum Gasteiger partial charge on any atom is 0.344 e. The highest BCUT2D eigenvalue weighted by molar-refractivity contribution is 5.88. The van der Waals surface area contributed by atoms with E-state index in [-0.39, 0.29) is 16.7 Å². The van der Waals surface area contributed by atoms with Gasteiger partial charge in [0, 0.05) is 65.9 Å². The van der Waals surface area contributed by atoms with Gasteiger partial charge in [0.1, 0.15) is 11.2 Å². The standard InChI is InChI=1S/C53H48N2O4/c1-7-54(8-2)41-23-19-39-27-45(51(56)58-49(39)31-41)35-15-11-33(12-16-35)37-21-25-43-44-26-22-38(30-48(44)53(5,6)47(43)29-37)34-13-17-36(18-14-34)46-28-40-20-24-42(55(9-3)10-4)32-50(40)59-52(46)57/h11-32H,7-10H2,1-6H3. The van der Waals surface area contributed by atoms with Crippen LogP contribution in [0.2, 0.25) is 0 Å². The van der Waals surface area contributed by atoms with Crippen molar-refractivity contribution in [1.82, 2.24) is 0 Å². The first-order chi connectivity index (χ1) is 28.6. The van der Waals surface area contributed by atoms with Gasteiger partial charge in [0.25, 0.3) is 0 Å². The van der Waals surface area contributed by atoms with Crippen molar-refractivity contribution >= 4 is 33.3 Å². The summed E-state index contributed by atoms with van der Waals surface area (Å²) in [5.41, 5.74) is 14.7. The van der Waals surface area contributed by atoms with Crippen LogP contribution >= 0.6 is 0 Å². The second-order valence-corrected chi connectivity index (χ2v) is 16.0. The smallest absolute Gasteiger partial charge is 0.344 e. The van der Waals surface area contributed by atoms with E-state index in [0.29, 0.717) is 22.3 Å². The lowest BCUT2D eigenvalue weighted by atomic mass is 9.80. The molecule has 0 bridgehead atoms. The Morgan fingerprint density at radius 1 is 0.407 bits per heavy atom. The van der Waals surface area contributed by atoms with Gasteiger partial charge in [-0.1, -0.05) is 86.6 Å². The van der Waals surface area contributed by atoms with Gasteiger partial charge < -0.3 is 18.6 Å². The van der Waals surface area contributed by atoms with Crippen molar-refractivity contribution in [1.29, 1.82) is 0 Å². The van der Waals surface area contributed by atoms with Crippen LogP contribution in [0.1, 0.15) is 52.7 Å².